The molecule has 0 bridgehead atoms. The van der Waals surface area contributed by atoms with E-state index in [1.807, 2.05) is 0 Å². The number of rotatable bonds is 5. The Kier molecular flexibility index (Phi) is 5.18. The van der Waals surface area contributed by atoms with Crippen molar-refractivity contribution >= 4 is 5.91 Å². The Morgan fingerprint density at radius 2 is 1.85 bits per heavy atom. The molecule has 0 atom stereocenters. The van der Waals surface area contributed by atoms with Gasteiger partial charge in [0.25, 0.3) is 0 Å². The summed E-state index contributed by atoms with van der Waals surface area (Å²) in [5.41, 5.74) is 2.29. The second-order valence-electron chi connectivity index (χ2n) is 8.05. The smallest absolute Gasteiger partial charge is 0.240 e. The number of carbonyl (C=O) groups is 1. The van der Waals surface area contributed by atoms with Crippen molar-refractivity contribution in [2.24, 2.45) is 0 Å². The van der Waals surface area contributed by atoms with Crippen LogP contribution in [0, 0.1) is 0 Å². The molecule has 5 nitrogen and oxygen atoms in total. The molecule has 0 aromatic heterocycles. The summed E-state index contributed by atoms with van der Waals surface area (Å²) in [5, 5.41) is 3.10. The van der Waals surface area contributed by atoms with Crippen LogP contribution in [0.3, 0.4) is 0 Å². The number of methoxy groups -OCH3 is 1. The van der Waals surface area contributed by atoms with Crippen molar-refractivity contribution < 1.29 is 9.53 Å². The maximum atomic E-state index is 12.6. The number of likely N-dealkylation sites (tertiary alicyclic amines) is 1. The standard InChI is InChI=1S/C21H31N3O2/c1-26-19-7-6-17(14-18(19)16-23-11-4-5-12-23)15-24-13-10-22-20(25)21(24)8-2-3-9-21/h6-7,14H,2-5,8-13,15-16H2,1H3,(H,22,25). The number of nitrogens with zero attached hydrogens (tertiary/aromatic N) is 2. The minimum atomic E-state index is -0.271. The van der Waals surface area contributed by atoms with E-state index in [4.69, 9.17) is 4.74 Å². The summed E-state index contributed by atoms with van der Waals surface area (Å²) in [6.45, 7) is 5.88. The summed E-state index contributed by atoms with van der Waals surface area (Å²) in [6, 6.07) is 6.57. The SMILES string of the molecule is COc1ccc(CN2CCNC(=O)C23CCCC3)cc1CN1CCCC1. The van der Waals surface area contributed by atoms with E-state index >= 15 is 0 Å². The Bertz CT molecular complexity index is 649. The minimum Gasteiger partial charge on any atom is -0.496 e. The lowest BCUT2D eigenvalue weighted by Crippen LogP contribution is -2.63. The Balaban J connectivity index is 1.54. The van der Waals surface area contributed by atoms with E-state index in [1.165, 1.54) is 37.1 Å². The second kappa shape index (κ2) is 7.57. The van der Waals surface area contributed by atoms with Gasteiger partial charge in [-0.25, -0.2) is 0 Å². The maximum absolute atomic E-state index is 12.6. The van der Waals surface area contributed by atoms with Crippen LogP contribution in [0.25, 0.3) is 0 Å². The molecule has 1 N–H and O–H groups in total. The second-order valence-corrected chi connectivity index (χ2v) is 8.05. The summed E-state index contributed by atoms with van der Waals surface area (Å²) in [7, 11) is 1.75. The average molecular weight is 357 g/mol. The molecular weight excluding hydrogens is 326 g/mol. The fraction of sp³-hybridized carbons (Fsp3) is 0.667. The van der Waals surface area contributed by atoms with Gasteiger partial charge < -0.3 is 10.1 Å². The molecule has 2 heterocycles. The molecule has 26 heavy (non-hydrogen) atoms. The summed E-state index contributed by atoms with van der Waals surface area (Å²) in [6.07, 6.45) is 6.91. The molecule has 0 unspecified atom stereocenters. The van der Waals surface area contributed by atoms with Crippen molar-refractivity contribution in [3.8, 4) is 5.75 Å². The van der Waals surface area contributed by atoms with Crippen LogP contribution in [-0.2, 0) is 17.9 Å². The van der Waals surface area contributed by atoms with Gasteiger partial charge in [0.2, 0.25) is 5.91 Å². The molecular formula is C21H31N3O2. The van der Waals surface area contributed by atoms with E-state index in [1.54, 1.807) is 7.11 Å². The molecule has 142 valence electrons. The Labute approximate surface area is 156 Å². The zero-order valence-corrected chi connectivity index (χ0v) is 15.9. The maximum Gasteiger partial charge on any atom is 0.240 e. The highest BCUT2D eigenvalue weighted by molar-refractivity contribution is 5.87. The average Bonchev–Trinajstić information content (AvgIpc) is 3.32. The van der Waals surface area contributed by atoms with Crippen molar-refractivity contribution in [2.75, 3.05) is 33.3 Å². The van der Waals surface area contributed by atoms with Gasteiger partial charge in [-0.15, -0.1) is 0 Å². The molecule has 3 aliphatic rings. The lowest BCUT2D eigenvalue weighted by atomic mass is 9.91. The van der Waals surface area contributed by atoms with Crippen LogP contribution in [0.5, 0.6) is 5.75 Å². The topological polar surface area (TPSA) is 44.8 Å². The largest absolute Gasteiger partial charge is 0.496 e. The first kappa shape index (κ1) is 17.8. The van der Waals surface area contributed by atoms with Gasteiger partial charge in [0.15, 0.2) is 0 Å². The third-order valence-corrected chi connectivity index (χ3v) is 6.44. The van der Waals surface area contributed by atoms with Crippen LogP contribution >= 0.6 is 0 Å². The monoisotopic (exact) mass is 357 g/mol. The Morgan fingerprint density at radius 1 is 1.08 bits per heavy atom. The highest BCUT2D eigenvalue weighted by Crippen LogP contribution is 2.38. The van der Waals surface area contributed by atoms with Gasteiger partial charge in [0, 0.05) is 31.7 Å². The molecule has 2 aliphatic heterocycles. The molecule has 1 amide bonds. The fourth-order valence-electron chi connectivity index (χ4n) is 5.02. The number of nitrogens with one attached hydrogen (secondary N) is 1. The Hall–Kier alpha value is -1.59. The molecule has 4 rings (SSSR count). The number of benzene rings is 1. The van der Waals surface area contributed by atoms with E-state index in [2.05, 4.69) is 33.3 Å². The lowest BCUT2D eigenvalue weighted by Gasteiger charge is -2.43. The zero-order chi connectivity index (χ0) is 18.0. The molecule has 1 aromatic rings. The van der Waals surface area contributed by atoms with Crippen molar-refractivity contribution in [1.29, 1.82) is 0 Å². The van der Waals surface area contributed by atoms with Crippen LogP contribution in [0.15, 0.2) is 18.2 Å². The van der Waals surface area contributed by atoms with E-state index in [0.29, 0.717) is 0 Å². The molecule has 1 spiro atoms. The normalized spacial score (nSPS) is 23.5. The van der Waals surface area contributed by atoms with Gasteiger partial charge in [-0.05, 0) is 56.5 Å². The molecule has 2 saturated heterocycles. The van der Waals surface area contributed by atoms with Gasteiger partial charge in [-0.1, -0.05) is 18.9 Å². The number of ether oxygens (including phenoxy) is 1. The first-order valence-corrected chi connectivity index (χ1v) is 10.1. The fourth-order valence-corrected chi connectivity index (χ4v) is 5.02. The number of carbonyl (C=O) groups excluding carboxylic acids is 1. The minimum absolute atomic E-state index is 0.243. The molecule has 1 aromatic carbocycles. The van der Waals surface area contributed by atoms with E-state index < -0.39 is 0 Å². The molecule has 5 heteroatoms. The highest BCUT2D eigenvalue weighted by Gasteiger charge is 2.47. The van der Waals surface area contributed by atoms with E-state index in [9.17, 15) is 4.79 Å². The summed E-state index contributed by atoms with van der Waals surface area (Å²) < 4.78 is 5.61. The quantitative estimate of drug-likeness (QED) is 0.880. The van der Waals surface area contributed by atoms with E-state index in [-0.39, 0.29) is 11.4 Å². The number of hydrogen-bond donors (Lipinski definition) is 1. The summed E-state index contributed by atoms with van der Waals surface area (Å²) in [5.74, 6) is 1.22. The van der Waals surface area contributed by atoms with Crippen LogP contribution in [0.1, 0.15) is 49.7 Å². The van der Waals surface area contributed by atoms with Gasteiger partial charge in [0.1, 0.15) is 11.3 Å². The zero-order valence-electron chi connectivity index (χ0n) is 15.9. The van der Waals surface area contributed by atoms with Crippen molar-refractivity contribution in [3.05, 3.63) is 29.3 Å². The van der Waals surface area contributed by atoms with Crippen molar-refractivity contribution in [2.45, 2.75) is 57.2 Å². The number of piperazine rings is 1. The first-order chi connectivity index (χ1) is 12.7. The number of amides is 1. The van der Waals surface area contributed by atoms with Crippen LogP contribution in [-0.4, -0.2) is 54.5 Å². The van der Waals surface area contributed by atoms with Crippen molar-refractivity contribution in [1.82, 2.24) is 15.1 Å². The van der Waals surface area contributed by atoms with Gasteiger partial charge in [-0.2, -0.15) is 0 Å². The van der Waals surface area contributed by atoms with Gasteiger partial charge in [-0.3, -0.25) is 14.6 Å². The highest BCUT2D eigenvalue weighted by atomic mass is 16.5. The Morgan fingerprint density at radius 3 is 2.58 bits per heavy atom. The lowest BCUT2D eigenvalue weighted by molar-refractivity contribution is -0.137. The van der Waals surface area contributed by atoms with E-state index in [0.717, 1.165) is 57.6 Å². The molecule has 3 fully saturated rings. The molecule has 0 radical (unpaired) electrons. The van der Waals surface area contributed by atoms with Gasteiger partial charge in [0.05, 0.1) is 7.11 Å². The van der Waals surface area contributed by atoms with Crippen LogP contribution in [0.4, 0.5) is 0 Å². The third-order valence-electron chi connectivity index (χ3n) is 6.44. The van der Waals surface area contributed by atoms with Crippen molar-refractivity contribution in [3.63, 3.8) is 0 Å². The van der Waals surface area contributed by atoms with Crippen LogP contribution in [0.2, 0.25) is 0 Å². The van der Waals surface area contributed by atoms with Crippen LogP contribution < -0.4 is 10.1 Å². The van der Waals surface area contributed by atoms with Gasteiger partial charge >= 0.3 is 0 Å². The summed E-state index contributed by atoms with van der Waals surface area (Å²) in [4.78, 5) is 17.6. The first-order valence-electron chi connectivity index (χ1n) is 10.1. The molecule has 1 aliphatic carbocycles. The predicted molar refractivity (Wildman–Crippen MR) is 102 cm³/mol. The molecule has 1 saturated carbocycles. The predicted octanol–water partition coefficient (Wildman–Crippen LogP) is 2.54. The number of hydrogen-bond acceptors (Lipinski definition) is 4. The summed E-state index contributed by atoms with van der Waals surface area (Å²) >= 11 is 0. The third kappa shape index (κ3) is 3.35.